The van der Waals surface area contributed by atoms with Crippen molar-refractivity contribution in [3.8, 4) is 5.75 Å². The Hall–Kier alpha value is -0.450. The average Bonchev–Trinajstić information content (AvgIpc) is 2.85. The van der Waals surface area contributed by atoms with Crippen molar-refractivity contribution in [1.29, 1.82) is 0 Å². The first kappa shape index (κ1) is 14.9. The molecule has 0 aromatic heterocycles. The molecule has 6 heteroatoms. The molecular formula is C13H13BrCl2O3. The second-order valence-corrected chi connectivity index (χ2v) is 7.05. The molecule has 3 nitrogen and oxygen atoms in total. The van der Waals surface area contributed by atoms with Gasteiger partial charge in [-0.3, -0.25) is 4.79 Å². The van der Waals surface area contributed by atoms with E-state index < -0.39 is 9.75 Å². The van der Waals surface area contributed by atoms with Crippen molar-refractivity contribution >= 4 is 45.1 Å². The molecule has 0 N–H and O–H groups in total. The van der Waals surface area contributed by atoms with Gasteiger partial charge in [-0.1, -0.05) is 22.0 Å². The Bertz CT molecular complexity index is 493. The molecule has 0 amide bonds. The lowest BCUT2D eigenvalue weighted by atomic mass is 10.1. The van der Waals surface area contributed by atoms with Crippen LogP contribution in [0.1, 0.15) is 13.3 Å². The van der Waals surface area contributed by atoms with Gasteiger partial charge in [0.1, 0.15) is 28.7 Å². The molecule has 0 radical (unpaired) electrons. The molecule has 1 aromatic rings. The molecular weight excluding hydrogens is 355 g/mol. The quantitative estimate of drug-likeness (QED) is 0.449. The number of ether oxygens (including phenoxy) is 2. The average molecular weight is 368 g/mol. The summed E-state index contributed by atoms with van der Waals surface area (Å²) in [7, 11) is 0. The Labute approximate surface area is 130 Å². The lowest BCUT2D eigenvalue weighted by Gasteiger charge is -2.12. The van der Waals surface area contributed by atoms with Crippen LogP contribution in [0.15, 0.2) is 28.7 Å². The third-order valence-corrected chi connectivity index (χ3v) is 4.68. The third kappa shape index (κ3) is 3.36. The first-order valence-corrected chi connectivity index (χ1v) is 7.33. The molecule has 0 bridgehead atoms. The first-order chi connectivity index (χ1) is 8.85. The predicted molar refractivity (Wildman–Crippen MR) is 77.8 cm³/mol. The van der Waals surface area contributed by atoms with Crippen LogP contribution in [0.5, 0.6) is 5.75 Å². The second-order valence-electron chi connectivity index (χ2n) is 4.66. The monoisotopic (exact) mass is 366 g/mol. The van der Waals surface area contributed by atoms with E-state index >= 15 is 0 Å². The highest BCUT2D eigenvalue weighted by Gasteiger charge is 2.69. The van der Waals surface area contributed by atoms with E-state index in [1.165, 1.54) is 0 Å². The van der Waals surface area contributed by atoms with E-state index in [9.17, 15) is 4.79 Å². The van der Waals surface area contributed by atoms with E-state index in [0.29, 0.717) is 12.2 Å². The highest BCUT2D eigenvalue weighted by molar-refractivity contribution is 9.10. The minimum atomic E-state index is -0.991. The molecule has 1 saturated carbocycles. The zero-order valence-electron chi connectivity index (χ0n) is 10.3. The number of hydrogen-bond acceptors (Lipinski definition) is 3. The Morgan fingerprint density at radius 1 is 1.42 bits per heavy atom. The number of carbonyl (C=O) groups excluding carboxylic acids is 1. The molecule has 1 aliphatic rings. The van der Waals surface area contributed by atoms with Crippen LogP contribution >= 0.6 is 39.1 Å². The Morgan fingerprint density at radius 2 is 2.11 bits per heavy atom. The summed E-state index contributed by atoms with van der Waals surface area (Å²) in [5.41, 5.74) is -0.786. The lowest BCUT2D eigenvalue weighted by molar-refractivity contribution is -0.150. The number of carbonyl (C=O) groups is 1. The van der Waals surface area contributed by atoms with E-state index in [1.807, 2.05) is 24.3 Å². The maximum Gasteiger partial charge on any atom is 0.315 e. The predicted octanol–water partition coefficient (Wildman–Crippen LogP) is 3.96. The molecule has 1 fully saturated rings. The smallest absolute Gasteiger partial charge is 0.315 e. The molecule has 0 heterocycles. The summed E-state index contributed by atoms with van der Waals surface area (Å²) in [6, 6.07) is 7.44. The molecule has 1 aliphatic carbocycles. The fourth-order valence-electron chi connectivity index (χ4n) is 1.63. The van der Waals surface area contributed by atoms with Crippen molar-refractivity contribution in [2.45, 2.75) is 17.7 Å². The molecule has 0 spiro atoms. The Balaban J connectivity index is 1.72. The largest absolute Gasteiger partial charge is 0.490 e. The standard InChI is InChI=1S/C13H13BrCl2O3/c1-12(8-13(12,15)16)11(17)19-6-5-18-10-4-2-3-9(14)7-10/h2-4,7H,5-6,8H2,1H3. The fourth-order valence-corrected chi connectivity index (χ4v) is 2.70. The van der Waals surface area contributed by atoms with Gasteiger partial charge in [0.2, 0.25) is 0 Å². The Kier molecular flexibility index (Phi) is 4.33. The molecule has 1 aromatic carbocycles. The number of hydrogen-bond donors (Lipinski definition) is 0. The van der Waals surface area contributed by atoms with Gasteiger partial charge < -0.3 is 9.47 Å². The number of alkyl halides is 2. The number of halogens is 3. The first-order valence-electron chi connectivity index (χ1n) is 5.79. The van der Waals surface area contributed by atoms with E-state index in [0.717, 1.165) is 4.47 Å². The molecule has 0 saturated heterocycles. The van der Waals surface area contributed by atoms with Gasteiger partial charge in [-0.2, -0.15) is 0 Å². The number of esters is 1. The Morgan fingerprint density at radius 3 is 2.68 bits per heavy atom. The normalized spacial score (nSPS) is 23.8. The third-order valence-electron chi connectivity index (χ3n) is 3.09. The zero-order valence-corrected chi connectivity index (χ0v) is 13.4. The molecule has 0 aliphatic heterocycles. The van der Waals surface area contributed by atoms with Crippen molar-refractivity contribution in [1.82, 2.24) is 0 Å². The van der Waals surface area contributed by atoms with Gasteiger partial charge in [-0.15, -0.1) is 23.2 Å². The van der Waals surface area contributed by atoms with Crippen LogP contribution in [0.25, 0.3) is 0 Å². The highest BCUT2D eigenvalue weighted by Crippen LogP contribution is 2.64. The maximum absolute atomic E-state index is 11.8. The summed E-state index contributed by atoms with van der Waals surface area (Å²) < 4.78 is 10.5. The molecule has 2 rings (SSSR count). The second kappa shape index (κ2) is 5.51. The van der Waals surface area contributed by atoms with E-state index in [4.69, 9.17) is 32.7 Å². The van der Waals surface area contributed by atoms with Crippen LogP contribution in [0.4, 0.5) is 0 Å². The van der Waals surface area contributed by atoms with E-state index in [1.54, 1.807) is 6.92 Å². The summed E-state index contributed by atoms with van der Waals surface area (Å²) >= 11 is 15.1. The molecule has 1 atom stereocenters. The lowest BCUT2D eigenvalue weighted by Crippen LogP contribution is -2.23. The van der Waals surface area contributed by atoms with Crippen molar-refractivity contribution < 1.29 is 14.3 Å². The number of rotatable bonds is 5. The summed E-state index contributed by atoms with van der Waals surface area (Å²) in [4.78, 5) is 11.8. The van der Waals surface area contributed by atoms with Crippen molar-refractivity contribution in [2.75, 3.05) is 13.2 Å². The number of benzene rings is 1. The van der Waals surface area contributed by atoms with Gasteiger partial charge >= 0.3 is 5.97 Å². The topological polar surface area (TPSA) is 35.5 Å². The van der Waals surface area contributed by atoms with Crippen LogP contribution in [0.2, 0.25) is 0 Å². The van der Waals surface area contributed by atoms with Gasteiger partial charge in [0, 0.05) is 10.9 Å². The van der Waals surface area contributed by atoms with E-state index in [-0.39, 0.29) is 19.2 Å². The van der Waals surface area contributed by atoms with Crippen LogP contribution in [0.3, 0.4) is 0 Å². The minimum absolute atomic E-state index is 0.171. The summed E-state index contributed by atoms with van der Waals surface area (Å²) in [6.07, 6.45) is 0.425. The fraction of sp³-hybridized carbons (Fsp3) is 0.462. The molecule has 19 heavy (non-hydrogen) atoms. The van der Waals surface area contributed by atoms with Crippen molar-refractivity contribution in [3.05, 3.63) is 28.7 Å². The van der Waals surface area contributed by atoms with Crippen LogP contribution in [-0.2, 0) is 9.53 Å². The SMILES string of the molecule is CC1(C(=O)OCCOc2cccc(Br)c2)CC1(Cl)Cl. The maximum atomic E-state index is 11.8. The summed E-state index contributed by atoms with van der Waals surface area (Å²) in [5, 5.41) is 0. The summed E-state index contributed by atoms with van der Waals surface area (Å²) in [6.45, 7) is 2.16. The van der Waals surface area contributed by atoms with Crippen LogP contribution in [0, 0.1) is 5.41 Å². The van der Waals surface area contributed by atoms with Crippen molar-refractivity contribution in [3.63, 3.8) is 0 Å². The minimum Gasteiger partial charge on any atom is -0.490 e. The zero-order chi connectivity index (χ0) is 14.1. The van der Waals surface area contributed by atoms with Crippen molar-refractivity contribution in [2.24, 2.45) is 5.41 Å². The van der Waals surface area contributed by atoms with Gasteiger partial charge in [0.25, 0.3) is 0 Å². The van der Waals surface area contributed by atoms with E-state index in [2.05, 4.69) is 15.9 Å². The molecule has 104 valence electrons. The molecule has 1 unspecified atom stereocenters. The van der Waals surface area contributed by atoms with Gasteiger partial charge in [0.05, 0.1) is 0 Å². The van der Waals surface area contributed by atoms with Gasteiger partial charge in [0.15, 0.2) is 0 Å². The van der Waals surface area contributed by atoms with Crippen LogP contribution < -0.4 is 4.74 Å². The van der Waals surface area contributed by atoms with Crippen LogP contribution in [-0.4, -0.2) is 23.5 Å². The highest BCUT2D eigenvalue weighted by atomic mass is 79.9. The van der Waals surface area contributed by atoms with Gasteiger partial charge in [-0.05, 0) is 25.1 Å². The summed E-state index contributed by atoms with van der Waals surface area (Å²) in [5.74, 6) is 0.336. The van der Waals surface area contributed by atoms with Gasteiger partial charge in [-0.25, -0.2) is 0 Å².